The monoisotopic (exact) mass is 323 g/mol. The second kappa shape index (κ2) is 5.44. The second-order valence-corrected chi connectivity index (χ2v) is 5.24. The minimum atomic E-state index is -0.148. The van der Waals surface area contributed by atoms with E-state index in [2.05, 4.69) is 21.1 Å². The highest BCUT2D eigenvalue weighted by atomic mass is 79.9. The first kappa shape index (κ1) is 13.6. The summed E-state index contributed by atoms with van der Waals surface area (Å²) in [6, 6.07) is 7.00. The molecule has 1 amide bonds. The molecule has 0 spiro atoms. The van der Waals surface area contributed by atoms with Gasteiger partial charge in [0.05, 0.1) is 12.1 Å². The van der Waals surface area contributed by atoms with E-state index < -0.39 is 0 Å². The number of aryl methyl sites for hydroxylation is 1. The van der Waals surface area contributed by atoms with Crippen molar-refractivity contribution in [3.05, 3.63) is 45.8 Å². The summed E-state index contributed by atoms with van der Waals surface area (Å²) in [5.41, 5.74) is 7.48. The van der Waals surface area contributed by atoms with E-state index in [1.807, 2.05) is 6.92 Å². The van der Waals surface area contributed by atoms with Gasteiger partial charge >= 0.3 is 0 Å². The zero-order chi connectivity index (χ0) is 14.0. The normalized spacial score (nSPS) is 10.5. The molecule has 0 aliphatic carbocycles. The van der Waals surface area contributed by atoms with Crippen molar-refractivity contribution in [1.29, 1.82) is 0 Å². The number of rotatable bonds is 3. The third-order valence-corrected chi connectivity index (χ3v) is 3.16. The topological polar surface area (TPSA) is 72.4 Å². The number of nitrogens with two attached hydrogens (primary N) is 1. The molecule has 19 heavy (non-hydrogen) atoms. The van der Waals surface area contributed by atoms with Gasteiger partial charge in [-0.2, -0.15) is 0 Å². The lowest BCUT2D eigenvalue weighted by atomic mass is 10.1. The smallest absolute Gasteiger partial charge is 0.256 e. The van der Waals surface area contributed by atoms with E-state index in [-0.39, 0.29) is 5.91 Å². The first-order valence-electron chi connectivity index (χ1n) is 5.70. The van der Waals surface area contributed by atoms with E-state index in [1.165, 1.54) is 0 Å². The van der Waals surface area contributed by atoms with Gasteiger partial charge < -0.3 is 15.2 Å². The van der Waals surface area contributed by atoms with E-state index >= 15 is 0 Å². The molecule has 1 heterocycles. The molecule has 1 aromatic carbocycles. The molecule has 0 unspecified atom stereocenters. The van der Waals surface area contributed by atoms with Crippen LogP contribution in [0.25, 0.3) is 0 Å². The first-order chi connectivity index (χ1) is 8.97. The molecule has 2 aromatic rings. The standard InChI is InChI=1S/C13H14BrN3O2/c1-8-5-10(16-19-8)7-17(2)13(18)11-4-3-9(14)6-12(11)15/h3-6H,7,15H2,1-2H3. The molecule has 0 saturated heterocycles. The molecule has 100 valence electrons. The predicted octanol–water partition coefficient (Wildman–Crippen LogP) is 2.60. The van der Waals surface area contributed by atoms with Crippen LogP contribution in [0.15, 0.2) is 33.3 Å². The Labute approximate surface area is 119 Å². The van der Waals surface area contributed by atoms with Gasteiger partial charge in [0, 0.05) is 23.3 Å². The summed E-state index contributed by atoms with van der Waals surface area (Å²) in [5, 5.41) is 3.86. The zero-order valence-electron chi connectivity index (χ0n) is 10.7. The van der Waals surface area contributed by atoms with Crippen LogP contribution >= 0.6 is 15.9 Å². The molecule has 6 heteroatoms. The van der Waals surface area contributed by atoms with E-state index in [9.17, 15) is 4.79 Å². The van der Waals surface area contributed by atoms with Gasteiger partial charge in [-0.3, -0.25) is 4.79 Å². The fourth-order valence-electron chi connectivity index (χ4n) is 1.74. The minimum absolute atomic E-state index is 0.148. The Morgan fingerprint density at radius 3 is 2.79 bits per heavy atom. The Morgan fingerprint density at radius 1 is 1.47 bits per heavy atom. The average molecular weight is 324 g/mol. The maximum atomic E-state index is 12.3. The number of halogens is 1. The third-order valence-electron chi connectivity index (χ3n) is 2.67. The average Bonchev–Trinajstić information content (AvgIpc) is 2.74. The lowest BCUT2D eigenvalue weighted by Gasteiger charge is -2.16. The number of hydrogen-bond acceptors (Lipinski definition) is 4. The number of amides is 1. The van der Waals surface area contributed by atoms with Gasteiger partial charge in [0.2, 0.25) is 0 Å². The number of nitrogens with zero attached hydrogens (tertiary/aromatic N) is 2. The second-order valence-electron chi connectivity index (χ2n) is 4.32. The summed E-state index contributed by atoms with van der Waals surface area (Å²) in [5.74, 6) is 0.574. The van der Waals surface area contributed by atoms with Gasteiger partial charge in [-0.1, -0.05) is 21.1 Å². The van der Waals surface area contributed by atoms with Crippen molar-refractivity contribution in [3.63, 3.8) is 0 Å². The van der Waals surface area contributed by atoms with Crippen LogP contribution in [-0.2, 0) is 6.54 Å². The van der Waals surface area contributed by atoms with Crippen molar-refractivity contribution in [2.75, 3.05) is 12.8 Å². The molecule has 0 aliphatic heterocycles. The van der Waals surface area contributed by atoms with Crippen LogP contribution in [0.2, 0.25) is 0 Å². The summed E-state index contributed by atoms with van der Waals surface area (Å²) in [7, 11) is 1.70. The molecule has 0 bridgehead atoms. The van der Waals surface area contributed by atoms with E-state index in [4.69, 9.17) is 10.3 Å². The van der Waals surface area contributed by atoms with Gasteiger partial charge in [-0.05, 0) is 25.1 Å². The van der Waals surface area contributed by atoms with Gasteiger partial charge in [0.15, 0.2) is 0 Å². The first-order valence-corrected chi connectivity index (χ1v) is 6.49. The Hall–Kier alpha value is -1.82. The van der Waals surface area contributed by atoms with Crippen LogP contribution in [-0.4, -0.2) is 23.0 Å². The van der Waals surface area contributed by atoms with Crippen molar-refractivity contribution >= 4 is 27.5 Å². The van der Waals surface area contributed by atoms with Crippen LogP contribution in [0.4, 0.5) is 5.69 Å². The molecule has 2 N–H and O–H groups in total. The number of aromatic nitrogens is 1. The van der Waals surface area contributed by atoms with Gasteiger partial charge in [-0.25, -0.2) is 0 Å². The molecule has 0 aliphatic rings. The van der Waals surface area contributed by atoms with Crippen LogP contribution < -0.4 is 5.73 Å². The third kappa shape index (κ3) is 3.14. The number of hydrogen-bond donors (Lipinski definition) is 1. The molecule has 0 atom stereocenters. The Morgan fingerprint density at radius 2 is 2.21 bits per heavy atom. The van der Waals surface area contributed by atoms with Gasteiger partial charge in [0.25, 0.3) is 5.91 Å². The minimum Gasteiger partial charge on any atom is -0.398 e. The predicted molar refractivity (Wildman–Crippen MR) is 75.6 cm³/mol. The maximum absolute atomic E-state index is 12.3. The molecule has 5 nitrogen and oxygen atoms in total. The molecule has 0 radical (unpaired) electrons. The number of benzene rings is 1. The van der Waals surface area contributed by atoms with Gasteiger partial charge in [-0.15, -0.1) is 0 Å². The van der Waals surface area contributed by atoms with Crippen LogP contribution in [0.5, 0.6) is 0 Å². The van der Waals surface area contributed by atoms with Gasteiger partial charge in [0.1, 0.15) is 11.5 Å². The van der Waals surface area contributed by atoms with E-state index in [0.717, 1.165) is 10.2 Å². The molecule has 0 fully saturated rings. The van der Waals surface area contributed by atoms with E-state index in [0.29, 0.717) is 23.5 Å². The summed E-state index contributed by atoms with van der Waals surface area (Å²) < 4.78 is 5.82. The van der Waals surface area contributed by atoms with Crippen molar-refractivity contribution in [1.82, 2.24) is 10.1 Å². The highest BCUT2D eigenvalue weighted by molar-refractivity contribution is 9.10. The van der Waals surface area contributed by atoms with Crippen molar-refractivity contribution in [3.8, 4) is 0 Å². The summed E-state index contributed by atoms with van der Waals surface area (Å²) in [4.78, 5) is 13.8. The Kier molecular flexibility index (Phi) is 3.90. The van der Waals surface area contributed by atoms with E-state index in [1.54, 1.807) is 36.2 Å². The van der Waals surface area contributed by atoms with Crippen LogP contribution in [0.1, 0.15) is 21.8 Å². The summed E-state index contributed by atoms with van der Waals surface area (Å²) in [6.45, 7) is 2.19. The Balaban J connectivity index is 2.14. The van der Waals surface area contributed by atoms with Crippen molar-refractivity contribution in [2.24, 2.45) is 0 Å². The largest absolute Gasteiger partial charge is 0.398 e. The number of anilines is 1. The lowest BCUT2D eigenvalue weighted by Crippen LogP contribution is -2.27. The van der Waals surface area contributed by atoms with Crippen molar-refractivity contribution < 1.29 is 9.32 Å². The quantitative estimate of drug-likeness (QED) is 0.881. The highest BCUT2D eigenvalue weighted by Crippen LogP contribution is 2.20. The van der Waals surface area contributed by atoms with Crippen LogP contribution in [0, 0.1) is 6.92 Å². The summed E-state index contributed by atoms with van der Waals surface area (Å²) in [6.07, 6.45) is 0. The number of carbonyl (C=O) groups is 1. The number of nitrogen functional groups attached to an aromatic ring is 1. The molecular formula is C13H14BrN3O2. The Bertz CT molecular complexity index is 610. The molecular weight excluding hydrogens is 310 g/mol. The fourth-order valence-corrected chi connectivity index (χ4v) is 2.12. The zero-order valence-corrected chi connectivity index (χ0v) is 12.3. The number of carbonyl (C=O) groups excluding carboxylic acids is 1. The fraction of sp³-hybridized carbons (Fsp3) is 0.231. The van der Waals surface area contributed by atoms with Crippen LogP contribution in [0.3, 0.4) is 0 Å². The lowest BCUT2D eigenvalue weighted by molar-refractivity contribution is 0.0783. The highest BCUT2D eigenvalue weighted by Gasteiger charge is 2.16. The molecule has 2 rings (SSSR count). The van der Waals surface area contributed by atoms with Crippen molar-refractivity contribution in [2.45, 2.75) is 13.5 Å². The molecule has 0 saturated carbocycles. The summed E-state index contributed by atoms with van der Waals surface area (Å²) >= 11 is 3.31. The SMILES string of the molecule is Cc1cc(CN(C)C(=O)c2ccc(Br)cc2N)no1. The maximum Gasteiger partial charge on any atom is 0.256 e. The molecule has 1 aromatic heterocycles.